The Hall–Kier alpha value is -0.520. The fourth-order valence-electron chi connectivity index (χ4n) is 0.500. The van der Waals surface area contributed by atoms with Crippen molar-refractivity contribution in [1.29, 1.82) is 0 Å². The standard InChI is InChI=1S/C9H15/c1-5-9(4)7-6-8(2)3/h1,5-6,9H,7H2,2-4H3/t9-/m0/s1. The first kappa shape index (κ1) is 8.48. The summed E-state index contributed by atoms with van der Waals surface area (Å²) in [7, 11) is 0. The average Bonchev–Trinajstić information content (AvgIpc) is 1.83. The maximum atomic E-state index is 5.30. The predicted octanol–water partition coefficient (Wildman–Crippen LogP) is 2.97. The first-order chi connectivity index (χ1) is 4.16. The van der Waals surface area contributed by atoms with Gasteiger partial charge >= 0.3 is 0 Å². The van der Waals surface area contributed by atoms with Crippen molar-refractivity contribution in [2.45, 2.75) is 27.2 Å². The Bertz CT molecular complexity index is 105. The normalized spacial score (nSPS) is 12.3. The lowest BCUT2D eigenvalue weighted by Crippen LogP contribution is -1.84. The van der Waals surface area contributed by atoms with E-state index in [1.165, 1.54) is 5.57 Å². The maximum Gasteiger partial charge on any atom is -0.0224 e. The molecule has 0 heterocycles. The molecule has 0 rings (SSSR count). The summed E-state index contributed by atoms with van der Waals surface area (Å²) in [4.78, 5) is 0. The minimum Gasteiger partial charge on any atom is -0.0853 e. The van der Waals surface area contributed by atoms with Crippen LogP contribution in [0.15, 0.2) is 17.7 Å². The van der Waals surface area contributed by atoms with Crippen molar-refractivity contribution in [3.8, 4) is 0 Å². The summed E-state index contributed by atoms with van der Waals surface area (Å²) in [6, 6.07) is 0. The molecule has 0 amide bonds. The average molecular weight is 123 g/mol. The highest BCUT2D eigenvalue weighted by atomic mass is 14.0. The minimum absolute atomic E-state index is 0.514. The highest BCUT2D eigenvalue weighted by Crippen LogP contribution is 2.04. The summed E-state index contributed by atoms with van der Waals surface area (Å²) < 4.78 is 0. The molecule has 0 aromatic rings. The van der Waals surface area contributed by atoms with Gasteiger partial charge in [-0.15, -0.1) is 0 Å². The summed E-state index contributed by atoms with van der Waals surface area (Å²) in [6.07, 6.45) is 5.01. The van der Waals surface area contributed by atoms with E-state index in [9.17, 15) is 0 Å². The number of hydrogen-bond acceptors (Lipinski definition) is 0. The van der Waals surface area contributed by atoms with Gasteiger partial charge in [-0.1, -0.05) is 31.2 Å². The Morgan fingerprint density at radius 2 is 2.11 bits per heavy atom. The van der Waals surface area contributed by atoms with Crippen LogP contribution in [0.4, 0.5) is 0 Å². The van der Waals surface area contributed by atoms with Crippen molar-refractivity contribution >= 4 is 0 Å². The first-order valence-electron chi connectivity index (χ1n) is 3.35. The smallest absolute Gasteiger partial charge is 0.0224 e. The Morgan fingerprint density at radius 3 is 2.44 bits per heavy atom. The van der Waals surface area contributed by atoms with Gasteiger partial charge in [-0.2, -0.15) is 0 Å². The second-order valence-corrected chi connectivity index (χ2v) is 2.69. The van der Waals surface area contributed by atoms with Crippen LogP contribution in [-0.2, 0) is 0 Å². The van der Waals surface area contributed by atoms with Gasteiger partial charge in [-0.3, -0.25) is 0 Å². The van der Waals surface area contributed by atoms with Crippen LogP contribution < -0.4 is 0 Å². The van der Waals surface area contributed by atoms with Crippen LogP contribution in [0.5, 0.6) is 0 Å². The fourth-order valence-corrected chi connectivity index (χ4v) is 0.500. The lowest BCUT2D eigenvalue weighted by atomic mass is 10.1. The van der Waals surface area contributed by atoms with Gasteiger partial charge < -0.3 is 0 Å². The molecule has 0 saturated heterocycles. The van der Waals surface area contributed by atoms with Gasteiger partial charge in [0.25, 0.3) is 0 Å². The molecule has 0 aromatic heterocycles. The van der Waals surface area contributed by atoms with Crippen LogP contribution in [0, 0.1) is 12.5 Å². The van der Waals surface area contributed by atoms with Gasteiger partial charge in [0.2, 0.25) is 0 Å². The maximum absolute atomic E-state index is 5.30. The molecule has 1 atom stereocenters. The molecule has 0 fully saturated rings. The molecule has 0 aliphatic carbocycles. The molecule has 0 saturated carbocycles. The topological polar surface area (TPSA) is 0 Å². The van der Waals surface area contributed by atoms with Gasteiger partial charge in [0, 0.05) is 0 Å². The Morgan fingerprint density at radius 1 is 1.56 bits per heavy atom. The van der Waals surface area contributed by atoms with E-state index >= 15 is 0 Å². The van der Waals surface area contributed by atoms with Crippen molar-refractivity contribution in [2.24, 2.45) is 5.92 Å². The molecular weight excluding hydrogens is 108 g/mol. The number of rotatable bonds is 3. The molecular formula is C9H15. The number of allylic oxidation sites excluding steroid dienone is 3. The highest BCUT2D eigenvalue weighted by Gasteiger charge is 1.89. The van der Waals surface area contributed by atoms with Crippen molar-refractivity contribution in [3.05, 3.63) is 24.3 Å². The minimum atomic E-state index is 0.514. The Labute approximate surface area is 58.3 Å². The van der Waals surface area contributed by atoms with E-state index in [2.05, 4.69) is 26.8 Å². The van der Waals surface area contributed by atoms with Gasteiger partial charge in [-0.05, 0) is 26.2 Å². The monoisotopic (exact) mass is 123 g/mol. The zero-order valence-corrected chi connectivity index (χ0v) is 6.52. The van der Waals surface area contributed by atoms with Gasteiger partial charge in [-0.25, -0.2) is 0 Å². The Kier molecular flexibility index (Phi) is 4.12. The molecule has 0 nitrogen and oxygen atoms in total. The van der Waals surface area contributed by atoms with Gasteiger partial charge in [0.15, 0.2) is 0 Å². The summed E-state index contributed by atoms with van der Waals surface area (Å²) in [5.41, 5.74) is 1.36. The lowest BCUT2D eigenvalue weighted by molar-refractivity contribution is 0.741. The molecule has 51 valence electrons. The molecule has 9 heavy (non-hydrogen) atoms. The molecule has 0 aromatic carbocycles. The van der Waals surface area contributed by atoms with Crippen LogP contribution >= 0.6 is 0 Å². The fraction of sp³-hybridized carbons (Fsp3) is 0.556. The third kappa shape index (κ3) is 5.35. The van der Waals surface area contributed by atoms with Crippen LogP contribution in [0.2, 0.25) is 0 Å². The van der Waals surface area contributed by atoms with E-state index in [4.69, 9.17) is 6.58 Å². The molecule has 0 spiro atoms. The molecule has 0 heteroatoms. The molecule has 0 N–H and O–H groups in total. The van der Waals surface area contributed by atoms with Crippen molar-refractivity contribution < 1.29 is 0 Å². The van der Waals surface area contributed by atoms with Crippen LogP contribution in [0.3, 0.4) is 0 Å². The molecule has 0 aliphatic heterocycles. The third-order valence-electron chi connectivity index (χ3n) is 1.23. The third-order valence-corrected chi connectivity index (χ3v) is 1.23. The van der Waals surface area contributed by atoms with E-state index in [1.54, 1.807) is 6.08 Å². The molecule has 1 radical (unpaired) electrons. The summed E-state index contributed by atoms with van der Waals surface area (Å²) in [5.74, 6) is 0.514. The van der Waals surface area contributed by atoms with Gasteiger partial charge in [0.05, 0.1) is 0 Å². The zero-order valence-electron chi connectivity index (χ0n) is 6.52. The second kappa shape index (κ2) is 4.37. The molecule has 0 aliphatic rings. The number of hydrogen-bond donors (Lipinski definition) is 0. The van der Waals surface area contributed by atoms with Crippen molar-refractivity contribution in [1.82, 2.24) is 0 Å². The van der Waals surface area contributed by atoms with Crippen LogP contribution in [-0.4, -0.2) is 0 Å². The second-order valence-electron chi connectivity index (χ2n) is 2.69. The molecule has 0 bridgehead atoms. The van der Waals surface area contributed by atoms with Crippen LogP contribution in [0.1, 0.15) is 27.2 Å². The SMILES string of the molecule is [CH]=C[C@H](C)CC=C(C)C. The zero-order chi connectivity index (χ0) is 7.28. The van der Waals surface area contributed by atoms with E-state index in [1.807, 2.05) is 0 Å². The first-order valence-corrected chi connectivity index (χ1v) is 3.35. The van der Waals surface area contributed by atoms with E-state index < -0.39 is 0 Å². The Balaban J connectivity index is 3.49. The quantitative estimate of drug-likeness (QED) is 0.506. The lowest BCUT2D eigenvalue weighted by Gasteiger charge is -1.98. The van der Waals surface area contributed by atoms with Crippen LogP contribution in [0.25, 0.3) is 0 Å². The molecule has 0 unspecified atom stereocenters. The van der Waals surface area contributed by atoms with E-state index in [0.717, 1.165) is 6.42 Å². The highest BCUT2D eigenvalue weighted by molar-refractivity contribution is 4.95. The van der Waals surface area contributed by atoms with Crippen molar-refractivity contribution in [2.75, 3.05) is 0 Å². The summed E-state index contributed by atoms with van der Waals surface area (Å²) >= 11 is 0. The largest absolute Gasteiger partial charge is 0.0853 e. The van der Waals surface area contributed by atoms with Gasteiger partial charge in [0.1, 0.15) is 0 Å². The summed E-state index contributed by atoms with van der Waals surface area (Å²) in [5, 5.41) is 0. The predicted molar refractivity (Wildman–Crippen MR) is 42.1 cm³/mol. The van der Waals surface area contributed by atoms with E-state index in [-0.39, 0.29) is 0 Å². The summed E-state index contributed by atoms with van der Waals surface area (Å²) in [6.45, 7) is 11.6. The van der Waals surface area contributed by atoms with Crippen molar-refractivity contribution in [3.63, 3.8) is 0 Å². The van der Waals surface area contributed by atoms with E-state index in [0.29, 0.717) is 5.92 Å².